The molecule has 1 aliphatic rings. The Morgan fingerprint density at radius 1 is 1.33 bits per heavy atom. The number of anilines is 2. The molecule has 0 radical (unpaired) electrons. The number of imidazole rings is 2. The van der Waals surface area contributed by atoms with E-state index in [4.69, 9.17) is 4.74 Å². The molecule has 1 saturated carbocycles. The molecule has 0 aliphatic heterocycles. The molecule has 1 aliphatic carbocycles. The summed E-state index contributed by atoms with van der Waals surface area (Å²) >= 11 is 0. The number of nitrogens with zero attached hydrogens (tertiary/aromatic N) is 7. The van der Waals surface area contributed by atoms with E-state index in [0.29, 0.717) is 41.6 Å². The highest BCUT2D eigenvalue weighted by Gasteiger charge is 2.41. The van der Waals surface area contributed by atoms with Crippen LogP contribution >= 0.6 is 0 Å². The molecule has 3 N–H and O–H groups in total. The third kappa shape index (κ3) is 4.45. The fraction of sp³-hybridized carbons (Fsp3) is 0.391. The highest BCUT2D eigenvalue weighted by atomic mass is 19.1. The van der Waals surface area contributed by atoms with Gasteiger partial charge in [0, 0.05) is 29.9 Å². The monoisotopic (exact) mass is 492 g/mol. The number of alkyl carbamates (subject to hydrolysis) is 1. The minimum absolute atomic E-state index is 0.0908. The summed E-state index contributed by atoms with van der Waals surface area (Å²) < 4.78 is 23.8. The summed E-state index contributed by atoms with van der Waals surface area (Å²) in [5, 5.41) is 22.2. The van der Waals surface area contributed by atoms with Gasteiger partial charge in [-0.1, -0.05) is 0 Å². The van der Waals surface area contributed by atoms with Gasteiger partial charge in [-0.05, 0) is 33.6 Å². The zero-order valence-corrected chi connectivity index (χ0v) is 19.9. The number of hydrogen-bond donors (Lipinski definition) is 3. The molecule has 0 bridgehead atoms. The number of amides is 1. The van der Waals surface area contributed by atoms with E-state index in [9.17, 15) is 10.1 Å². The van der Waals surface area contributed by atoms with Crippen molar-refractivity contribution in [2.75, 3.05) is 5.32 Å². The van der Waals surface area contributed by atoms with Crippen molar-refractivity contribution in [3.05, 3.63) is 48.1 Å². The first kappa shape index (κ1) is 23.3. The number of nitriles is 1. The van der Waals surface area contributed by atoms with Gasteiger partial charge >= 0.3 is 6.09 Å². The van der Waals surface area contributed by atoms with Crippen molar-refractivity contribution < 1.29 is 13.9 Å². The number of carbonyl (C=O) groups is 1. The molecule has 0 aromatic carbocycles. The maximum Gasteiger partial charge on any atom is 0.407 e. The Morgan fingerprint density at radius 2 is 2.17 bits per heavy atom. The molecule has 4 aromatic rings. The Labute approximate surface area is 205 Å². The Bertz CT molecular complexity index is 1450. The number of alkyl halides is 1. The van der Waals surface area contributed by atoms with Crippen molar-refractivity contribution in [2.24, 2.45) is 0 Å². The molecular formula is C23H25FN10O2. The van der Waals surface area contributed by atoms with Crippen LogP contribution in [0.2, 0.25) is 0 Å². The van der Waals surface area contributed by atoms with Crippen LogP contribution in [0.15, 0.2) is 31.0 Å². The molecule has 3 atom stereocenters. The lowest BCUT2D eigenvalue weighted by atomic mass is 10.0. The third-order valence-corrected chi connectivity index (χ3v) is 5.98. The number of aromatic amines is 1. The van der Waals surface area contributed by atoms with E-state index < -0.39 is 24.3 Å². The van der Waals surface area contributed by atoms with Crippen LogP contribution in [0.3, 0.4) is 0 Å². The second kappa shape index (κ2) is 9.29. The SMILES string of the molecule is Cc1cn(-c2cnc(Nc3cc([C@H]4CC[C@@H](OC(=O)NC(C)C)[C@@H]4F)[nH]n3)n3cc(C#N)nc23)cn1. The molecule has 4 heterocycles. The van der Waals surface area contributed by atoms with Crippen molar-refractivity contribution in [1.82, 2.24) is 39.4 Å². The van der Waals surface area contributed by atoms with Gasteiger partial charge in [-0.25, -0.2) is 24.1 Å². The number of aromatic nitrogens is 7. The molecule has 0 unspecified atom stereocenters. The molecule has 36 heavy (non-hydrogen) atoms. The first-order valence-corrected chi connectivity index (χ1v) is 11.5. The number of ether oxygens (including phenoxy) is 1. The van der Waals surface area contributed by atoms with Gasteiger partial charge in [0.1, 0.15) is 24.0 Å². The third-order valence-electron chi connectivity index (χ3n) is 5.98. The molecule has 0 saturated heterocycles. The van der Waals surface area contributed by atoms with Gasteiger partial charge < -0.3 is 19.9 Å². The Morgan fingerprint density at radius 3 is 2.89 bits per heavy atom. The predicted octanol–water partition coefficient (Wildman–Crippen LogP) is 3.28. The summed E-state index contributed by atoms with van der Waals surface area (Å²) in [4.78, 5) is 25.0. The summed E-state index contributed by atoms with van der Waals surface area (Å²) in [5.74, 6) is 0.321. The van der Waals surface area contributed by atoms with Gasteiger partial charge in [0.25, 0.3) is 0 Å². The second-order valence-electron chi connectivity index (χ2n) is 9.03. The average molecular weight is 493 g/mol. The number of halogens is 1. The van der Waals surface area contributed by atoms with Crippen molar-refractivity contribution in [1.29, 1.82) is 5.26 Å². The quantitative estimate of drug-likeness (QED) is 0.371. The molecule has 5 rings (SSSR count). The second-order valence-corrected chi connectivity index (χ2v) is 9.03. The summed E-state index contributed by atoms with van der Waals surface area (Å²) in [6.07, 6.45) is 4.83. The number of rotatable bonds is 6. The number of fused-ring (bicyclic) bond motifs is 1. The van der Waals surface area contributed by atoms with Crippen molar-refractivity contribution in [2.45, 2.75) is 57.8 Å². The van der Waals surface area contributed by atoms with Crippen LogP contribution in [-0.2, 0) is 4.74 Å². The minimum Gasteiger partial charge on any atom is -0.443 e. The Balaban J connectivity index is 1.35. The molecule has 4 aromatic heterocycles. The molecular weight excluding hydrogens is 467 g/mol. The molecule has 12 nitrogen and oxygen atoms in total. The van der Waals surface area contributed by atoms with E-state index >= 15 is 4.39 Å². The Kier molecular flexibility index (Phi) is 6.01. The first-order valence-electron chi connectivity index (χ1n) is 11.5. The van der Waals surface area contributed by atoms with E-state index in [-0.39, 0.29) is 11.7 Å². The van der Waals surface area contributed by atoms with Gasteiger partial charge in [0.2, 0.25) is 5.95 Å². The highest BCUT2D eigenvalue weighted by Crippen LogP contribution is 2.38. The smallest absolute Gasteiger partial charge is 0.407 e. The fourth-order valence-electron chi connectivity index (χ4n) is 4.33. The van der Waals surface area contributed by atoms with Gasteiger partial charge in [-0.2, -0.15) is 10.4 Å². The Hall–Kier alpha value is -4.47. The number of aryl methyl sites for hydroxylation is 1. The topological polar surface area (TPSA) is 151 Å². The fourth-order valence-corrected chi connectivity index (χ4v) is 4.33. The number of H-pyrrole nitrogens is 1. The van der Waals surface area contributed by atoms with Crippen molar-refractivity contribution in [3.8, 4) is 11.8 Å². The number of nitrogens with one attached hydrogen (secondary N) is 3. The maximum atomic E-state index is 15.1. The minimum atomic E-state index is -1.36. The molecule has 1 amide bonds. The van der Waals surface area contributed by atoms with Crippen molar-refractivity contribution in [3.63, 3.8) is 0 Å². The highest BCUT2D eigenvalue weighted by molar-refractivity contribution is 5.68. The maximum absolute atomic E-state index is 15.1. The summed E-state index contributed by atoms with van der Waals surface area (Å²) in [7, 11) is 0. The van der Waals surface area contributed by atoms with Crippen LogP contribution < -0.4 is 10.6 Å². The van der Waals surface area contributed by atoms with Gasteiger partial charge in [-0.3, -0.25) is 9.50 Å². The van der Waals surface area contributed by atoms with Crippen LogP contribution in [0.1, 0.15) is 49.7 Å². The standard InChI is InChI=1S/C23H25FN10O2/c1-12(2)28-23(35)36-18-5-4-15(20(18)24)16-6-19(32-31-16)30-22-26-8-17(33-9-13(3)27-11-33)21-29-14(7-25)10-34(21)22/h6,8-12,15,18,20H,4-5H2,1-3H3,(H,28,35)(H2,26,30,31,32)/t15-,18-,20-/m1/s1. The predicted molar refractivity (Wildman–Crippen MR) is 127 cm³/mol. The van der Waals surface area contributed by atoms with Crippen LogP contribution in [0, 0.1) is 18.3 Å². The summed E-state index contributed by atoms with van der Waals surface area (Å²) in [6, 6.07) is 3.66. The van der Waals surface area contributed by atoms with Crippen LogP contribution in [0.5, 0.6) is 0 Å². The van der Waals surface area contributed by atoms with E-state index in [2.05, 4.69) is 35.8 Å². The molecule has 186 valence electrons. The van der Waals surface area contributed by atoms with Crippen LogP contribution in [-0.4, -0.2) is 58.5 Å². The van der Waals surface area contributed by atoms with E-state index in [1.807, 2.05) is 33.0 Å². The molecule has 1 fully saturated rings. The first-order chi connectivity index (χ1) is 17.3. The largest absolute Gasteiger partial charge is 0.443 e. The van der Waals surface area contributed by atoms with Gasteiger partial charge in [0.05, 0.1) is 24.4 Å². The number of hydrogen-bond acceptors (Lipinski definition) is 8. The van der Waals surface area contributed by atoms with Crippen LogP contribution in [0.25, 0.3) is 11.3 Å². The van der Waals surface area contributed by atoms with E-state index in [1.54, 1.807) is 33.8 Å². The molecule has 0 spiro atoms. The van der Waals surface area contributed by atoms with Gasteiger partial charge in [-0.15, -0.1) is 0 Å². The molecule has 13 heteroatoms. The van der Waals surface area contributed by atoms with Crippen molar-refractivity contribution >= 4 is 23.5 Å². The lowest BCUT2D eigenvalue weighted by molar-refractivity contribution is 0.0555. The summed E-state index contributed by atoms with van der Waals surface area (Å²) in [6.45, 7) is 5.49. The van der Waals surface area contributed by atoms with E-state index in [1.165, 1.54) is 0 Å². The zero-order valence-electron chi connectivity index (χ0n) is 19.9. The number of carbonyl (C=O) groups excluding carboxylic acids is 1. The van der Waals surface area contributed by atoms with Gasteiger partial charge in [0.15, 0.2) is 17.2 Å². The van der Waals surface area contributed by atoms with E-state index in [0.717, 1.165) is 5.69 Å². The normalized spacial score (nSPS) is 19.5. The zero-order chi connectivity index (χ0) is 25.4. The summed E-state index contributed by atoms with van der Waals surface area (Å²) in [5.41, 5.74) is 2.81. The lowest BCUT2D eigenvalue weighted by Crippen LogP contribution is -2.36. The average Bonchev–Trinajstić information content (AvgIpc) is 3.62. The van der Waals surface area contributed by atoms with Crippen LogP contribution in [0.4, 0.5) is 21.0 Å². The lowest BCUT2D eigenvalue weighted by Gasteiger charge is -2.18.